The summed E-state index contributed by atoms with van der Waals surface area (Å²) in [5.74, 6) is -0.142. The molecule has 3 heterocycles. The van der Waals surface area contributed by atoms with E-state index in [1.807, 2.05) is 6.07 Å². The average Bonchev–Trinajstić information content (AvgIpc) is 2.92. The number of rotatable bonds is 5. The molecule has 2 aromatic rings. The number of hydrogen-bond acceptors (Lipinski definition) is 6. The summed E-state index contributed by atoms with van der Waals surface area (Å²) in [6, 6.07) is 7.05. The van der Waals surface area contributed by atoms with Crippen molar-refractivity contribution in [2.75, 3.05) is 20.3 Å². The Labute approximate surface area is 145 Å². The van der Waals surface area contributed by atoms with Gasteiger partial charge >= 0.3 is 0 Å². The van der Waals surface area contributed by atoms with Gasteiger partial charge < -0.3 is 19.8 Å². The van der Waals surface area contributed by atoms with Gasteiger partial charge in [-0.2, -0.15) is 5.10 Å². The van der Waals surface area contributed by atoms with Crippen molar-refractivity contribution in [1.29, 1.82) is 0 Å². The minimum Gasteiger partial charge on any atom is -0.393 e. The van der Waals surface area contributed by atoms with E-state index in [0.29, 0.717) is 43.3 Å². The van der Waals surface area contributed by atoms with Gasteiger partial charge in [-0.3, -0.25) is 9.48 Å². The molecule has 2 N–H and O–H groups in total. The molecule has 0 spiro atoms. The number of aromatic nitrogens is 3. The molecule has 0 saturated carbocycles. The lowest BCUT2D eigenvalue weighted by molar-refractivity contribution is 0.0738. The molecular weight excluding hydrogens is 324 g/mol. The third-order valence-electron chi connectivity index (χ3n) is 4.15. The van der Waals surface area contributed by atoms with Crippen LogP contribution in [-0.2, 0) is 24.4 Å². The number of aliphatic hydroxyl groups is 2. The number of aliphatic hydroxyl groups excluding tert-OH is 2. The number of fused-ring (bicyclic) bond motifs is 1. The van der Waals surface area contributed by atoms with Crippen molar-refractivity contribution in [2.45, 2.75) is 32.2 Å². The summed E-state index contributed by atoms with van der Waals surface area (Å²) in [7, 11) is 1.59. The first-order valence-electron chi connectivity index (χ1n) is 8.22. The largest absolute Gasteiger partial charge is 0.393 e. The van der Waals surface area contributed by atoms with Crippen molar-refractivity contribution < 1.29 is 19.7 Å². The minimum absolute atomic E-state index is 0.142. The lowest BCUT2D eigenvalue weighted by Gasteiger charge is -2.19. The number of aryl methyl sites for hydroxylation is 1. The molecule has 1 aliphatic rings. The first kappa shape index (κ1) is 17.5. The normalized spacial score (nSPS) is 15.6. The maximum Gasteiger partial charge on any atom is 0.272 e. The molecule has 0 fully saturated rings. The van der Waals surface area contributed by atoms with Gasteiger partial charge in [-0.25, -0.2) is 4.98 Å². The van der Waals surface area contributed by atoms with E-state index in [4.69, 9.17) is 9.84 Å². The summed E-state index contributed by atoms with van der Waals surface area (Å²) >= 11 is 0. The Hall–Kier alpha value is -2.29. The molecule has 0 aromatic carbocycles. The number of pyridine rings is 1. The Morgan fingerprint density at radius 3 is 3.00 bits per heavy atom. The molecule has 1 amide bonds. The van der Waals surface area contributed by atoms with Gasteiger partial charge in [0.25, 0.3) is 5.91 Å². The summed E-state index contributed by atoms with van der Waals surface area (Å²) in [5.41, 5.74) is 2.35. The highest BCUT2D eigenvalue weighted by atomic mass is 16.5. The second-order valence-electron chi connectivity index (χ2n) is 6.01. The van der Waals surface area contributed by atoms with Crippen LogP contribution in [0.5, 0.6) is 0 Å². The van der Waals surface area contributed by atoms with Gasteiger partial charge in [0.15, 0.2) is 0 Å². The molecular formula is C17H22N4O4. The number of nitrogens with zero attached hydrogens (tertiary/aromatic N) is 4. The first-order chi connectivity index (χ1) is 12.1. The van der Waals surface area contributed by atoms with Crippen LogP contribution in [-0.4, -0.2) is 56.0 Å². The monoisotopic (exact) mass is 346 g/mol. The Morgan fingerprint density at radius 1 is 1.40 bits per heavy atom. The van der Waals surface area contributed by atoms with Crippen LogP contribution in [0.3, 0.4) is 0 Å². The minimum atomic E-state index is -1.00. The highest BCUT2D eigenvalue weighted by Crippen LogP contribution is 2.19. The number of carbonyl (C=O) groups excluding carboxylic acids is 1. The van der Waals surface area contributed by atoms with E-state index in [0.717, 1.165) is 12.1 Å². The summed E-state index contributed by atoms with van der Waals surface area (Å²) in [6.07, 6.45) is -0.247. The molecule has 0 saturated heterocycles. The smallest absolute Gasteiger partial charge is 0.272 e. The maximum atomic E-state index is 12.8. The Balaban J connectivity index is 1.80. The van der Waals surface area contributed by atoms with Crippen molar-refractivity contribution in [3.05, 3.63) is 47.0 Å². The van der Waals surface area contributed by atoms with Crippen LogP contribution in [0.25, 0.3) is 0 Å². The number of hydrogen-bond donors (Lipinski definition) is 2. The van der Waals surface area contributed by atoms with Gasteiger partial charge in [-0.05, 0) is 24.6 Å². The van der Waals surface area contributed by atoms with E-state index in [9.17, 15) is 9.90 Å². The van der Waals surface area contributed by atoms with Crippen LogP contribution < -0.4 is 0 Å². The number of methoxy groups -OCH3 is 1. The van der Waals surface area contributed by atoms with Crippen LogP contribution in [0.15, 0.2) is 24.3 Å². The fourth-order valence-electron chi connectivity index (χ4n) is 2.90. The summed E-state index contributed by atoms with van der Waals surface area (Å²) in [4.78, 5) is 18.9. The molecule has 8 heteroatoms. The fourth-order valence-corrected chi connectivity index (χ4v) is 2.90. The molecule has 0 aliphatic carbocycles. The van der Waals surface area contributed by atoms with Crippen LogP contribution in [0.4, 0.5) is 0 Å². The van der Waals surface area contributed by atoms with Gasteiger partial charge in [0.05, 0.1) is 36.8 Å². The molecule has 2 aromatic heterocycles. The van der Waals surface area contributed by atoms with Crippen molar-refractivity contribution in [2.24, 2.45) is 0 Å². The summed E-state index contributed by atoms with van der Waals surface area (Å²) < 4.78 is 6.86. The molecule has 0 radical (unpaired) electrons. The predicted molar refractivity (Wildman–Crippen MR) is 88.6 cm³/mol. The summed E-state index contributed by atoms with van der Waals surface area (Å²) in [6.45, 7) is 1.64. The zero-order chi connectivity index (χ0) is 17.8. The third-order valence-corrected chi connectivity index (χ3v) is 4.15. The van der Waals surface area contributed by atoms with Gasteiger partial charge in [0.1, 0.15) is 11.8 Å². The standard InChI is InChI=1S/C17H22N4O4/c1-25-11-12-4-2-5-14(18-12)17(24)20-6-3-7-21-13(9-20)8-15(19-21)16(23)10-22/h2,4-5,8,16,22-23H,3,6-7,9-11H2,1H3/t16-/m0/s1. The van der Waals surface area contributed by atoms with E-state index >= 15 is 0 Å². The second-order valence-corrected chi connectivity index (χ2v) is 6.01. The molecule has 1 aliphatic heterocycles. The molecule has 8 nitrogen and oxygen atoms in total. The molecule has 0 unspecified atom stereocenters. The highest BCUT2D eigenvalue weighted by molar-refractivity contribution is 5.92. The summed E-state index contributed by atoms with van der Waals surface area (Å²) in [5, 5.41) is 23.2. The van der Waals surface area contributed by atoms with Crippen LogP contribution >= 0.6 is 0 Å². The molecule has 1 atom stereocenters. The number of amides is 1. The van der Waals surface area contributed by atoms with E-state index in [2.05, 4.69) is 10.1 Å². The Kier molecular flexibility index (Phi) is 5.42. The van der Waals surface area contributed by atoms with Crippen molar-refractivity contribution in [1.82, 2.24) is 19.7 Å². The van der Waals surface area contributed by atoms with Gasteiger partial charge in [0, 0.05) is 20.2 Å². The van der Waals surface area contributed by atoms with Gasteiger partial charge in [-0.15, -0.1) is 0 Å². The lowest BCUT2D eigenvalue weighted by Crippen LogP contribution is -2.31. The first-order valence-corrected chi connectivity index (χ1v) is 8.22. The lowest BCUT2D eigenvalue weighted by atomic mass is 10.2. The molecule has 0 bridgehead atoms. The third kappa shape index (κ3) is 3.87. The predicted octanol–water partition coefficient (Wildman–Crippen LogP) is 0.496. The number of ether oxygens (including phenoxy) is 1. The van der Waals surface area contributed by atoms with Crippen LogP contribution in [0.1, 0.15) is 40.1 Å². The average molecular weight is 346 g/mol. The topological polar surface area (TPSA) is 101 Å². The zero-order valence-electron chi connectivity index (χ0n) is 14.1. The van der Waals surface area contributed by atoms with Crippen molar-refractivity contribution in [3.63, 3.8) is 0 Å². The SMILES string of the molecule is COCc1cccc(C(=O)N2CCCn3nc([C@@H](O)CO)cc3C2)n1. The quantitative estimate of drug-likeness (QED) is 0.817. The van der Waals surface area contributed by atoms with Gasteiger partial charge in [-0.1, -0.05) is 6.07 Å². The second kappa shape index (κ2) is 7.73. The number of carbonyl (C=O) groups is 1. The molecule has 25 heavy (non-hydrogen) atoms. The Morgan fingerprint density at radius 2 is 2.24 bits per heavy atom. The van der Waals surface area contributed by atoms with Crippen molar-refractivity contribution >= 4 is 5.91 Å². The van der Waals surface area contributed by atoms with E-state index in [-0.39, 0.29) is 12.5 Å². The Bertz CT molecular complexity index is 746. The van der Waals surface area contributed by atoms with Crippen LogP contribution in [0, 0.1) is 0 Å². The molecule has 134 valence electrons. The van der Waals surface area contributed by atoms with Crippen molar-refractivity contribution in [3.8, 4) is 0 Å². The highest BCUT2D eigenvalue weighted by Gasteiger charge is 2.24. The van der Waals surface area contributed by atoms with E-state index in [1.165, 1.54) is 0 Å². The van der Waals surface area contributed by atoms with Gasteiger partial charge in [0.2, 0.25) is 0 Å². The van der Waals surface area contributed by atoms with E-state index in [1.54, 1.807) is 34.9 Å². The maximum absolute atomic E-state index is 12.8. The van der Waals surface area contributed by atoms with E-state index < -0.39 is 6.10 Å². The van der Waals surface area contributed by atoms with Crippen LogP contribution in [0.2, 0.25) is 0 Å². The fraction of sp³-hybridized carbons (Fsp3) is 0.471. The zero-order valence-corrected chi connectivity index (χ0v) is 14.1. The molecule has 3 rings (SSSR count).